The smallest absolute Gasteiger partial charge is 0.307 e. The first-order valence-electron chi connectivity index (χ1n) is 6.84. The van der Waals surface area contributed by atoms with Crippen LogP contribution in [-0.4, -0.2) is 49.8 Å². The SMILES string of the molecule is COc1ccc(C(CCO)N2CC(S(=O)(=O)F)CC2=O)cc1. The molecule has 1 N–H and O–H groups in total. The fourth-order valence-electron chi connectivity index (χ4n) is 2.64. The van der Waals surface area contributed by atoms with Gasteiger partial charge in [0.2, 0.25) is 5.91 Å². The van der Waals surface area contributed by atoms with E-state index in [0.29, 0.717) is 5.75 Å². The van der Waals surface area contributed by atoms with Gasteiger partial charge in [-0.2, -0.15) is 8.42 Å². The molecule has 0 radical (unpaired) electrons. The Morgan fingerprint density at radius 3 is 2.50 bits per heavy atom. The molecule has 1 heterocycles. The van der Waals surface area contributed by atoms with Crippen molar-refractivity contribution in [1.82, 2.24) is 4.90 Å². The Bertz CT molecular complexity index is 631. The molecule has 1 aliphatic heterocycles. The number of halogens is 1. The van der Waals surface area contributed by atoms with Gasteiger partial charge in [0, 0.05) is 19.6 Å². The van der Waals surface area contributed by atoms with Gasteiger partial charge in [0.05, 0.1) is 13.2 Å². The third-order valence-corrected chi connectivity index (χ3v) is 4.91. The van der Waals surface area contributed by atoms with Gasteiger partial charge in [0.25, 0.3) is 0 Å². The first kappa shape index (κ1) is 16.7. The summed E-state index contributed by atoms with van der Waals surface area (Å²) in [6, 6.07) is 6.41. The van der Waals surface area contributed by atoms with E-state index in [2.05, 4.69) is 0 Å². The molecule has 0 saturated carbocycles. The lowest BCUT2D eigenvalue weighted by molar-refractivity contribution is -0.130. The highest BCUT2D eigenvalue weighted by Crippen LogP contribution is 2.32. The van der Waals surface area contributed by atoms with Gasteiger partial charge in [-0.05, 0) is 24.1 Å². The van der Waals surface area contributed by atoms with Crippen molar-refractivity contribution in [3.8, 4) is 5.75 Å². The lowest BCUT2D eigenvalue weighted by Gasteiger charge is -2.28. The van der Waals surface area contributed by atoms with Crippen LogP contribution in [0.15, 0.2) is 24.3 Å². The molecular weight excluding hydrogens is 313 g/mol. The average Bonchev–Trinajstić information content (AvgIpc) is 2.87. The molecule has 2 unspecified atom stereocenters. The van der Waals surface area contributed by atoms with Gasteiger partial charge in [0.15, 0.2) is 0 Å². The molecule has 1 fully saturated rings. The Hall–Kier alpha value is -1.67. The number of methoxy groups -OCH3 is 1. The minimum atomic E-state index is -4.75. The molecule has 2 rings (SSSR count). The molecule has 1 aromatic carbocycles. The molecule has 1 aromatic rings. The van der Waals surface area contributed by atoms with Crippen molar-refractivity contribution in [3.05, 3.63) is 29.8 Å². The van der Waals surface area contributed by atoms with E-state index in [1.54, 1.807) is 24.3 Å². The maximum Gasteiger partial charge on any atom is 0.307 e. The summed E-state index contributed by atoms with van der Waals surface area (Å²) in [5.41, 5.74) is 0.736. The number of aliphatic hydroxyl groups is 1. The number of rotatable bonds is 6. The van der Waals surface area contributed by atoms with E-state index < -0.39 is 27.4 Å². The van der Waals surface area contributed by atoms with Crippen LogP contribution in [0.1, 0.15) is 24.4 Å². The van der Waals surface area contributed by atoms with E-state index in [1.807, 2.05) is 0 Å². The summed E-state index contributed by atoms with van der Waals surface area (Å²) in [5.74, 6) is 0.212. The zero-order valence-electron chi connectivity index (χ0n) is 12.1. The predicted molar refractivity (Wildman–Crippen MR) is 77.6 cm³/mol. The number of carbonyl (C=O) groups excluding carboxylic acids is 1. The molecule has 22 heavy (non-hydrogen) atoms. The van der Waals surface area contributed by atoms with Crippen LogP contribution in [0.25, 0.3) is 0 Å². The molecule has 6 nitrogen and oxygen atoms in total. The lowest BCUT2D eigenvalue weighted by atomic mass is 10.0. The van der Waals surface area contributed by atoms with Gasteiger partial charge in [0.1, 0.15) is 11.0 Å². The van der Waals surface area contributed by atoms with Gasteiger partial charge >= 0.3 is 10.2 Å². The van der Waals surface area contributed by atoms with Gasteiger partial charge in [-0.25, -0.2) is 0 Å². The Morgan fingerprint density at radius 1 is 1.41 bits per heavy atom. The quantitative estimate of drug-likeness (QED) is 0.787. The summed E-state index contributed by atoms with van der Waals surface area (Å²) in [6.07, 6.45) is -0.117. The van der Waals surface area contributed by atoms with Crippen LogP contribution in [0.3, 0.4) is 0 Å². The van der Waals surface area contributed by atoms with Crippen molar-refractivity contribution in [2.75, 3.05) is 20.3 Å². The zero-order chi connectivity index (χ0) is 16.3. The molecule has 0 aromatic heterocycles. The van der Waals surface area contributed by atoms with Crippen LogP contribution in [0.2, 0.25) is 0 Å². The van der Waals surface area contributed by atoms with Gasteiger partial charge in [-0.1, -0.05) is 12.1 Å². The van der Waals surface area contributed by atoms with Crippen LogP contribution in [0.4, 0.5) is 3.89 Å². The van der Waals surface area contributed by atoms with Crippen molar-refractivity contribution in [2.45, 2.75) is 24.1 Å². The molecule has 1 saturated heterocycles. The predicted octanol–water partition coefficient (Wildman–Crippen LogP) is 1.02. The van der Waals surface area contributed by atoms with Crippen molar-refractivity contribution in [2.24, 2.45) is 0 Å². The number of hydrogen-bond donors (Lipinski definition) is 1. The van der Waals surface area contributed by atoms with Gasteiger partial charge in [-0.3, -0.25) is 4.79 Å². The number of aliphatic hydroxyl groups excluding tert-OH is 1. The second-order valence-electron chi connectivity index (χ2n) is 5.15. The normalized spacial score (nSPS) is 20.2. The van der Waals surface area contributed by atoms with Crippen LogP contribution < -0.4 is 4.74 Å². The molecule has 1 amide bonds. The number of nitrogens with zero attached hydrogens (tertiary/aromatic N) is 1. The minimum absolute atomic E-state index is 0.173. The third-order valence-electron chi connectivity index (χ3n) is 3.80. The Labute approximate surface area is 128 Å². The second kappa shape index (κ2) is 6.62. The van der Waals surface area contributed by atoms with E-state index in [9.17, 15) is 22.2 Å². The lowest BCUT2D eigenvalue weighted by Crippen LogP contribution is -2.32. The highest BCUT2D eigenvalue weighted by Gasteiger charge is 2.41. The summed E-state index contributed by atoms with van der Waals surface area (Å²) < 4.78 is 40.2. The van der Waals surface area contributed by atoms with Crippen LogP contribution in [0.5, 0.6) is 5.75 Å². The van der Waals surface area contributed by atoms with E-state index in [0.717, 1.165) is 5.56 Å². The number of benzene rings is 1. The molecule has 0 spiro atoms. The van der Waals surface area contributed by atoms with Crippen LogP contribution >= 0.6 is 0 Å². The second-order valence-corrected chi connectivity index (χ2v) is 6.77. The zero-order valence-corrected chi connectivity index (χ0v) is 12.9. The summed E-state index contributed by atoms with van der Waals surface area (Å²) in [6.45, 7) is -0.373. The van der Waals surface area contributed by atoms with Crippen molar-refractivity contribution in [3.63, 3.8) is 0 Å². The number of carbonyl (C=O) groups is 1. The van der Waals surface area contributed by atoms with Crippen molar-refractivity contribution < 1.29 is 26.9 Å². The standard InChI is InChI=1S/C14H18FNO5S/c1-21-11-4-2-10(3-5-11)13(6-7-17)16-9-12(8-14(16)18)22(15,19)20/h2-5,12-13,17H,6-9H2,1H3. The monoisotopic (exact) mass is 331 g/mol. The first-order chi connectivity index (χ1) is 10.4. The van der Waals surface area contributed by atoms with Gasteiger partial charge < -0.3 is 14.7 Å². The summed E-state index contributed by atoms with van der Waals surface area (Å²) in [4.78, 5) is 13.4. The molecule has 1 aliphatic rings. The molecule has 2 atom stereocenters. The summed E-state index contributed by atoms with van der Waals surface area (Å²) in [7, 11) is -3.23. The largest absolute Gasteiger partial charge is 0.497 e. The summed E-state index contributed by atoms with van der Waals surface area (Å²) in [5, 5.41) is 7.88. The Morgan fingerprint density at radius 2 is 2.05 bits per heavy atom. The maximum atomic E-state index is 13.1. The number of ether oxygens (including phenoxy) is 1. The van der Waals surface area contributed by atoms with Crippen LogP contribution in [-0.2, 0) is 15.0 Å². The van der Waals surface area contributed by atoms with Crippen molar-refractivity contribution >= 4 is 16.1 Å². The fraction of sp³-hybridized carbons (Fsp3) is 0.500. The number of amides is 1. The molecular formula is C14H18FNO5S. The minimum Gasteiger partial charge on any atom is -0.497 e. The van der Waals surface area contributed by atoms with E-state index in [1.165, 1.54) is 12.0 Å². The van der Waals surface area contributed by atoms with Gasteiger partial charge in [-0.15, -0.1) is 3.89 Å². The number of hydrogen-bond acceptors (Lipinski definition) is 5. The molecule has 122 valence electrons. The Kier molecular flexibility index (Phi) is 5.02. The van der Waals surface area contributed by atoms with E-state index >= 15 is 0 Å². The van der Waals surface area contributed by atoms with Crippen molar-refractivity contribution in [1.29, 1.82) is 0 Å². The maximum absolute atomic E-state index is 13.1. The highest BCUT2D eigenvalue weighted by atomic mass is 32.3. The van der Waals surface area contributed by atoms with Crippen LogP contribution in [0, 0.1) is 0 Å². The Balaban J connectivity index is 2.25. The third kappa shape index (κ3) is 3.56. The topological polar surface area (TPSA) is 83.9 Å². The molecule has 0 aliphatic carbocycles. The van der Waals surface area contributed by atoms with E-state index in [-0.39, 0.29) is 26.0 Å². The molecule has 0 bridgehead atoms. The average molecular weight is 331 g/mol. The number of likely N-dealkylation sites (tertiary alicyclic amines) is 1. The van der Waals surface area contributed by atoms with E-state index in [4.69, 9.17) is 4.74 Å². The highest BCUT2D eigenvalue weighted by molar-refractivity contribution is 7.87. The first-order valence-corrected chi connectivity index (χ1v) is 8.29. The fourth-order valence-corrected chi connectivity index (χ4v) is 3.32. The molecule has 8 heteroatoms. The summed E-state index contributed by atoms with van der Waals surface area (Å²) >= 11 is 0.